The van der Waals surface area contributed by atoms with Crippen LogP contribution in [0.4, 0.5) is 0 Å². The monoisotopic (exact) mass is 818 g/mol. The van der Waals surface area contributed by atoms with E-state index in [-0.39, 0.29) is 47.5 Å². The van der Waals surface area contributed by atoms with Crippen LogP contribution in [0.2, 0.25) is 0 Å². The molecule has 0 atom stereocenters. The number of hydrogen-bond acceptors (Lipinski definition) is 8. The van der Waals surface area contributed by atoms with E-state index in [0.717, 1.165) is 38.5 Å². The molecule has 0 amide bonds. The van der Waals surface area contributed by atoms with Crippen LogP contribution in [0.15, 0.2) is 107 Å². The zero-order valence-corrected chi connectivity index (χ0v) is 36.6. The Labute approximate surface area is 361 Å². The topological polar surface area (TPSA) is 133 Å². The molecule has 0 unspecified atom stereocenters. The second-order valence-electron chi connectivity index (χ2n) is 13.7. The number of aryl methyl sites for hydroxylation is 2. The molecule has 0 aliphatic carbocycles. The van der Waals surface area contributed by atoms with Gasteiger partial charge in [-0.25, -0.2) is 16.8 Å². The Bertz CT molecular complexity index is 1710. The zero-order valence-electron chi connectivity index (χ0n) is 32.8. The summed E-state index contributed by atoms with van der Waals surface area (Å²) in [5.74, 6) is 2.44. The first-order chi connectivity index (χ1) is 26.0. The van der Waals surface area contributed by atoms with Gasteiger partial charge in [-0.1, -0.05) is 140 Å². The Morgan fingerprint density at radius 1 is 0.418 bits per heavy atom. The van der Waals surface area contributed by atoms with Crippen LogP contribution in [-0.2, 0) is 33.1 Å². The molecule has 55 heavy (non-hydrogen) atoms. The molecule has 4 rings (SSSR count). The SMILES string of the molecule is CCCCCCCCCCc1cc(Oc2ccccc2)ccc1S(=O)(=O)[O-].CCCCCCCCCCc1cc(Oc2ccccc2)ccc1S(=O)(=O)[O-].[Ca+2]. The second-order valence-corrected chi connectivity index (χ2v) is 16.4. The van der Waals surface area contributed by atoms with Crippen LogP contribution in [-0.4, -0.2) is 63.7 Å². The van der Waals surface area contributed by atoms with Gasteiger partial charge in [-0.3, -0.25) is 0 Å². The van der Waals surface area contributed by atoms with Crippen molar-refractivity contribution in [3.8, 4) is 23.0 Å². The van der Waals surface area contributed by atoms with Gasteiger partial charge in [0.2, 0.25) is 0 Å². The number of hydrogen-bond donors (Lipinski definition) is 0. The first kappa shape index (κ1) is 48.7. The summed E-state index contributed by atoms with van der Waals surface area (Å²) in [4.78, 5) is -0.267. The van der Waals surface area contributed by atoms with E-state index in [1.54, 1.807) is 12.1 Å². The smallest absolute Gasteiger partial charge is 0.744 e. The molecular formula is C44H58CaO8S2. The Morgan fingerprint density at radius 3 is 1.04 bits per heavy atom. The number of ether oxygens (including phenoxy) is 2. The first-order valence-electron chi connectivity index (χ1n) is 19.6. The van der Waals surface area contributed by atoms with Crippen molar-refractivity contribution >= 4 is 58.0 Å². The molecule has 4 aromatic carbocycles. The van der Waals surface area contributed by atoms with Gasteiger partial charge in [0.1, 0.15) is 43.2 Å². The second kappa shape index (κ2) is 27.2. The maximum Gasteiger partial charge on any atom is 2.00 e. The molecule has 0 saturated heterocycles. The summed E-state index contributed by atoms with van der Waals surface area (Å²) in [7, 11) is -8.97. The fourth-order valence-electron chi connectivity index (χ4n) is 6.27. The van der Waals surface area contributed by atoms with Gasteiger partial charge in [0, 0.05) is 0 Å². The summed E-state index contributed by atoms with van der Waals surface area (Å²) in [6.07, 6.45) is 19.8. The van der Waals surface area contributed by atoms with E-state index in [1.165, 1.54) is 88.5 Å². The molecule has 0 spiro atoms. The number of para-hydroxylation sites is 2. The average molecular weight is 819 g/mol. The van der Waals surface area contributed by atoms with E-state index >= 15 is 0 Å². The fourth-order valence-corrected chi connectivity index (χ4v) is 7.70. The van der Waals surface area contributed by atoms with Crippen molar-refractivity contribution in [2.45, 2.75) is 139 Å². The number of unbranched alkanes of at least 4 members (excludes halogenated alkanes) is 14. The third kappa shape index (κ3) is 20.0. The molecule has 4 aromatic rings. The van der Waals surface area contributed by atoms with Gasteiger partial charge in [-0.15, -0.1) is 0 Å². The summed E-state index contributed by atoms with van der Waals surface area (Å²) >= 11 is 0. The molecule has 296 valence electrons. The average Bonchev–Trinajstić information content (AvgIpc) is 3.14. The van der Waals surface area contributed by atoms with Gasteiger partial charge in [0.25, 0.3) is 0 Å². The minimum atomic E-state index is -4.49. The Kier molecular flexibility index (Phi) is 24.1. The van der Waals surface area contributed by atoms with E-state index in [4.69, 9.17) is 9.47 Å². The minimum Gasteiger partial charge on any atom is -0.744 e. The Morgan fingerprint density at radius 2 is 0.727 bits per heavy atom. The van der Waals surface area contributed by atoms with Gasteiger partial charge < -0.3 is 18.6 Å². The molecule has 0 aliphatic rings. The molecular weight excluding hydrogens is 761 g/mol. The molecule has 0 N–H and O–H groups in total. The first-order valence-corrected chi connectivity index (χ1v) is 22.5. The number of benzene rings is 4. The molecule has 11 heteroatoms. The molecule has 0 saturated carbocycles. The van der Waals surface area contributed by atoms with Crippen molar-refractivity contribution in [1.29, 1.82) is 0 Å². The van der Waals surface area contributed by atoms with Crippen molar-refractivity contribution in [2.24, 2.45) is 0 Å². The predicted octanol–water partition coefficient (Wildman–Crippen LogP) is 11.8. The van der Waals surface area contributed by atoms with Gasteiger partial charge in [0.15, 0.2) is 0 Å². The fraction of sp³-hybridized carbons (Fsp3) is 0.455. The summed E-state index contributed by atoms with van der Waals surface area (Å²) < 4.78 is 80.9. The predicted molar refractivity (Wildman–Crippen MR) is 220 cm³/mol. The van der Waals surface area contributed by atoms with E-state index in [9.17, 15) is 25.9 Å². The third-order valence-corrected chi connectivity index (χ3v) is 11.0. The van der Waals surface area contributed by atoms with E-state index < -0.39 is 20.2 Å². The van der Waals surface area contributed by atoms with Crippen molar-refractivity contribution < 1.29 is 35.4 Å². The Hall–Kier alpha value is -2.44. The van der Waals surface area contributed by atoms with E-state index in [2.05, 4.69) is 13.8 Å². The summed E-state index contributed by atoms with van der Waals surface area (Å²) in [5, 5.41) is 0. The summed E-state index contributed by atoms with van der Waals surface area (Å²) in [6, 6.07) is 27.7. The van der Waals surface area contributed by atoms with Crippen LogP contribution in [0.25, 0.3) is 0 Å². The molecule has 0 bridgehead atoms. The summed E-state index contributed by atoms with van der Waals surface area (Å²) in [5.41, 5.74) is 1.09. The largest absolute Gasteiger partial charge is 2.00 e. The zero-order chi connectivity index (χ0) is 39.1. The maximum atomic E-state index is 11.6. The van der Waals surface area contributed by atoms with Crippen LogP contribution < -0.4 is 9.47 Å². The normalized spacial score (nSPS) is 11.3. The van der Waals surface area contributed by atoms with Crippen molar-refractivity contribution in [1.82, 2.24) is 0 Å². The number of rotatable bonds is 24. The van der Waals surface area contributed by atoms with Gasteiger partial charge >= 0.3 is 37.7 Å². The molecule has 0 fully saturated rings. The van der Waals surface area contributed by atoms with Gasteiger partial charge in [0.05, 0.1) is 9.79 Å². The minimum absolute atomic E-state index is 0. The molecule has 8 nitrogen and oxygen atoms in total. The molecule has 0 aliphatic heterocycles. The molecule has 0 aromatic heterocycles. The molecule has 0 radical (unpaired) electrons. The quantitative estimate of drug-likeness (QED) is 0.0388. The standard InChI is InChI=1S/2C22H30O4S.Ca/c2*1-2-3-4-5-6-7-8-10-13-19-18-21(16-17-22(19)27(23,24)25)26-20-14-11-9-12-15-20;/h2*9,11-12,14-18H,2-8,10,13H2,1H3,(H,23,24,25);/q;;+2/p-2. The van der Waals surface area contributed by atoms with Crippen LogP contribution in [0.5, 0.6) is 23.0 Å². The summed E-state index contributed by atoms with van der Waals surface area (Å²) in [6.45, 7) is 4.41. The molecule has 0 heterocycles. The Balaban J connectivity index is 0.000000373. The van der Waals surface area contributed by atoms with Crippen molar-refractivity contribution in [3.05, 3.63) is 108 Å². The third-order valence-electron chi connectivity index (χ3n) is 9.16. The van der Waals surface area contributed by atoms with Crippen LogP contribution in [0, 0.1) is 0 Å². The van der Waals surface area contributed by atoms with Gasteiger partial charge in [-0.05, 0) is 97.5 Å². The van der Waals surface area contributed by atoms with E-state index in [0.29, 0.717) is 47.0 Å². The van der Waals surface area contributed by atoms with Crippen LogP contribution >= 0.6 is 0 Å². The van der Waals surface area contributed by atoms with Crippen molar-refractivity contribution in [2.75, 3.05) is 0 Å². The maximum absolute atomic E-state index is 11.6. The van der Waals surface area contributed by atoms with Gasteiger partial charge in [-0.2, -0.15) is 0 Å². The van der Waals surface area contributed by atoms with Crippen LogP contribution in [0.3, 0.4) is 0 Å². The van der Waals surface area contributed by atoms with E-state index in [1.807, 2.05) is 60.7 Å². The van der Waals surface area contributed by atoms with Crippen molar-refractivity contribution in [3.63, 3.8) is 0 Å². The van der Waals surface area contributed by atoms with Crippen LogP contribution in [0.1, 0.15) is 128 Å².